The molecular formula is C16H13FN4OS. The number of benzene rings is 2. The average Bonchev–Trinajstić information content (AvgIpc) is 3.03. The lowest BCUT2D eigenvalue weighted by Gasteiger charge is -2.03. The summed E-state index contributed by atoms with van der Waals surface area (Å²) < 4.78 is 13.1. The van der Waals surface area contributed by atoms with E-state index in [-0.39, 0.29) is 11.7 Å². The van der Waals surface area contributed by atoms with Gasteiger partial charge in [0.2, 0.25) is 11.1 Å². The molecule has 23 heavy (non-hydrogen) atoms. The highest BCUT2D eigenvalue weighted by Crippen LogP contribution is 2.19. The molecule has 5 nitrogen and oxygen atoms in total. The van der Waals surface area contributed by atoms with Crippen LogP contribution in [0.3, 0.4) is 0 Å². The zero-order valence-corrected chi connectivity index (χ0v) is 12.8. The molecule has 0 fully saturated rings. The number of aromatic nitrogens is 3. The molecule has 0 saturated heterocycles. The molecule has 0 aliphatic carbocycles. The van der Waals surface area contributed by atoms with Crippen molar-refractivity contribution in [1.82, 2.24) is 15.2 Å². The lowest BCUT2D eigenvalue weighted by Crippen LogP contribution is -2.14. The van der Waals surface area contributed by atoms with Crippen LogP contribution in [-0.2, 0) is 4.79 Å². The predicted molar refractivity (Wildman–Crippen MR) is 87.6 cm³/mol. The van der Waals surface area contributed by atoms with Crippen molar-refractivity contribution in [2.45, 2.75) is 5.16 Å². The molecule has 0 saturated carbocycles. The highest BCUT2D eigenvalue weighted by Gasteiger charge is 2.09. The van der Waals surface area contributed by atoms with Gasteiger partial charge in [0, 0.05) is 11.3 Å². The summed E-state index contributed by atoms with van der Waals surface area (Å²) in [5.41, 5.74) is 1.35. The van der Waals surface area contributed by atoms with Crippen molar-refractivity contribution in [3.8, 4) is 11.4 Å². The number of aromatic amines is 1. The van der Waals surface area contributed by atoms with Crippen molar-refractivity contribution >= 4 is 23.4 Å². The van der Waals surface area contributed by atoms with Crippen LogP contribution >= 0.6 is 11.8 Å². The summed E-state index contributed by atoms with van der Waals surface area (Å²) >= 11 is 1.21. The molecule has 2 aromatic carbocycles. The fourth-order valence-electron chi connectivity index (χ4n) is 1.93. The minimum Gasteiger partial charge on any atom is -0.325 e. The molecule has 0 radical (unpaired) electrons. The first-order chi connectivity index (χ1) is 11.2. The van der Waals surface area contributed by atoms with Crippen LogP contribution in [0.1, 0.15) is 0 Å². The van der Waals surface area contributed by atoms with Gasteiger partial charge in [-0.25, -0.2) is 9.37 Å². The topological polar surface area (TPSA) is 70.7 Å². The highest BCUT2D eigenvalue weighted by atomic mass is 32.2. The number of anilines is 1. The van der Waals surface area contributed by atoms with Crippen molar-refractivity contribution in [3.63, 3.8) is 0 Å². The Hall–Kier alpha value is -2.67. The van der Waals surface area contributed by atoms with Gasteiger partial charge < -0.3 is 5.32 Å². The summed E-state index contributed by atoms with van der Waals surface area (Å²) in [6.45, 7) is 0. The highest BCUT2D eigenvalue weighted by molar-refractivity contribution is 7.99. The van der Waals surface area contributed by atoms with Crippen LogP contribution in [-0.4, -0.2) is 26.8 Å². The fraction of sp³-hybridized carbons (Fsp3) is 0.0625. The molecule has 2 N–H and O–H groups in total. The normalized spacial score (nSPS) is 10.5. The molecule has 0 bridgehead atoms. The first-order valence-corrected chi connectivity index (χ1v) is 7.85. The maximum absolute atomic E-state index is 13.1. The Bertz CT molecular complexity index is 807. The standard InChI is InChI=1S/C16H13FN4OS/c17-12-7-4-8-13(9-12)18-14(22)10-23-16-19-15(20-21-16)11-5-2-1-3-6-11/h1-9H,10H2,(H,18,22)(H,19,20,21). The van der Waals surface area contributed by atoms with Crippen molar-refractivity contribution in [3.05, 3.63) is 60.4 Å². The van der Waals surface area contributed by atoms with E-state index >= 15 is 0 Å². The largest absolute Gasteiger partial charge is 0.325 e. The minimum absolute atomic E-state index is 0.141. The minimum atomic E-state index is -0.392. The summed E-state index contributed by atoms with van der Waals surface area (Å²) in [6.07, 6.45) is 0. The number of hydrogen-bond donors (Lipinski definition) is 2. The molecule has 0 spiro atoms. The third kappa shape index (κ3) is 4.17. The van der Waals surface area contributed by atoms with Crippen LogP contribution in [0.2, 0.25) is 0 Å². The van der Waals surface area contributed by atoms with Crippen molar-refractivity contribution in [1.29, 1.82) is 0 Å². The van der Waals surface area contributed by atoms with Gasteiger partial charge in [-0.05, 0) is 18.2 Å². The van der Waals surface area contributed by atoms with Gasteiger partial charge in [-0.3, -0.25) is 9.89 Å². The Labute approximate surface area is 136 Å². The van der Waals surface area contributed by atoms with E-state index in [1.165, 1.54) is 23.9 Å². The predicted octanol–water partition coefficient (Wildman–Crippen LogP) is 3.34. The van der Waals surface area contributed by atoms with E-state index in [4.69, 9.17) is 0 Å². The molecule has 116 valence electrons. The Morgan fingerprint density at radius 1 is 1.17 bits per heavy atom. The number of rotatable bonds is 5. The van der Waals surface area contributed by atoms with E-state index < -0.39 is 5.82 Å². The average molecular weight is 328 g/mol. The second-order valence-electron chi connectivity index (χ2n) is 4.68. The van der Waals surface area contributed by atoms with Gasteiger partial charge in [0.1, 0.15) is 5.82 Å². The molecule has 3 rings (SSSR count). The number of carbonyl (C=O) groups is 1. The Morgan fingerprint density at radius 2 is 2.00 bits per heavy atom. The quantitative estimate of drug-likeness (QED) is 0.705. The summed E-state index contributed by atoms with van der Waals surface area (Å²) in [6, 6.07) is 15.4. The zero-order chi connectivity index (χ0) is 16.1. The lowest BCUT2D eigenvalue weighted by molar-refractivity contribution is -0.113. The van der Waals surface area contributed by atoms with Crippen LogP contribution < -0.4 is 5.32 Å². The molecular weight excluding hydrogens is 315 g/mol. The van der Waals surface area contributed by atoms with Gasteiger partial charge in [-0.1, -0.05) is 48.2 Å². The molecule has 0 unspecified atom stereocenters. The summed E-state index contributed by atoms with van der Waals surface area (Å²) in [5.74, 6) is 0.157. The summed E-state index contributed by atoms with van der Waals surface area (Å²) in [7, 11) is 0. The second kappa shape index (κ2) is 7.06. The number of carbonyl (C=O) groups excluding carboxylic acids is 1. The SMILES string of the molecule is O=C(CSc1n[nH]c(-c2ccccc2)n1)Nc1cccc(F)c1. The first-order valence-electron chi connectivity index (χ1n) is 6.87. The van der Waals surface area contributed by atoms with Crippen LogP contribution in [0.5, 0.6) is 0 Å². The monoisotopic (exact) mass is 328 g/mol. The van der Waals surface area contributed by atoms with Gasteiger partial charge in [-0.15, -0.1) is 5.10 Å². The number of thioether (sulfide) groups is 1. The van der Waals surface area contributed by atoms with Gasteiger partial charge in [0.05, 0.1) is 5.75 Å². The Kier molecular flexibility index (Phi) is 4.68. The van der Waals surface area contributed by atoms with Gasteiger partial charge in [-0.2, -0.15) is 0 Å². The van der Waals surface area contributed by atoms with Crippen molar-refractivity contribution in [2.24, 2.45) is 0 Å². The van der Waals surface area contributed by atoms with Crippen LogP contribution in [0.15, 0.2) is 59.8 Å². The van der Waals surface area contributed by atoms with Crippen molar-refractivity contribution < 1.29 is 9.18 Å². The molecule has 1 aromatic heterocycles. The molecule has 0 aliphatic rings. The number of H-pyrrole nitrogens is 1. The second-order valence-corrected chi connectivity index (χ2v) is 5.62. The number of nitrogens with zero attached hydrogens (tertiary/aromatic N) is 2. The Morgan fingerprint density at radius 3 is 2.78 bits per heavy atom. The number of hydrogen-bond acceptors (Lipinski definition) is 4. The maximum Gasteiger partial charge on any atom is 0.234 e. The van der Waals surface area contributed by atoms with E-state index in [0.29, 0.717) is 16.7 Å². The lowest BCUT2D eigenvalue weighted by atomic mass is 10.2. The van der Waals surface area contributed by atoms with E-state index in [2.05, 4.69) is 20.5 Å². The van der Waals surface area contributed by atoms with E-state index in [0.717, 1.165) is 5.56 Å². The molecule has 3 aromatic rings. The Balaban J connectivity index is 1.56. The van der Waals surface area contributed by atoms with Crippen LogP contribution in [0.25, 0.3) is 11.4 Å². The number of nitrogens with one attached hydrogen (secondary N) is 2. The third-order valence-electron chi connectivity index (χ3n) is 2.95. The van der Waals surface area contributed by atoms with E-state index in [1.807, 2.05) is 30.3 Å². The molecule has 0 atom stereocenters. The summed E-state index contributed by atoms with van der Waals surface area (Å²) in [4.78, 5) is 16.2. The molecule has 1 heterocycles. The van der Waals surface area contributed by atoms with Gasteiger partial charge >= 0.3 is 0 Å². The van der Waals surface area contributed by atoms with Gasteiger partial charge in [0.25, 0.3) is 0 Å². The molecule has 1 amide bonds. The van der Waals surface area contributed by atoms with Crippen LogP contribution in [0.4, 0.5) is 10.1 Å². The first kappa shape index (κ1) is 15.2. The van der Waals surface area contributed by atoms with E-state index in [1.54, 1.807) is 12.1 Å². The maximum atomic E-state index is 13.1. The zero-order valence-electron chi connectivity index (χ0n) is 12.0. The third-order valence-corrected chi connectivity index (χ3v) is 3.80. The number of halogens is 1. The van der Waals surface area contributed by atoms with E-state index in [9.17, 15) is 9.18 Å². The van der Waals surface area contributed by atoms with Crippen LogP contribution in [0, 0.1) is 5.82 Å². The number of amides is 1. The van der Waals surface area contributed by atoms with Crippen molar-refractivity contribution in [2.75, 3.05) is 11.1 Å². The smallest absolute Gasteiger partial charge is 0.234 e. The fourth-order valence-corrected chi connectivity index (χ4v) is 2.53. The molecule has 0 aliphatic heterocycles. The van der Waals surface area contributed by atoms with Gasteiger partial charge in [0.15, 0.2) is 5.82 Å². The molecule has 7 heteroatoms. The summed E-state index contributed by atoms with van der Waals surface area (Å²) in [5, 5.41) is 10.0.